The van der Waals surface area contributed by atoms with E-state index in [-0.39, 0.29) is 5.41 Å². The highest BCUT2D eigenvalue weighted by atomic mass is 15.1. The van der Waals surface area contributed by atoms with Crippen molar-refractivity contribution >= 4 is 10.8 Å². The molecule has 114 valence electrons. The average molecular weight is 291 g/mol. The summed E-state index contributed by atoms with van der Waals surface area (Å²) in [5.74, 6) is 6.32. The van der Waals surface area contributed by atoms with Gasteiger partial charge in [-0.1, -0.05) is 54.3 Å². The van der Waals surface area contributed by atoms with E-state index in [1.807, 2.05) is 6.08 Å². The molecule has 2 rings (SSSR count). The van der Waals surface area contributed by atoms with E-state index in [2.05, 4.69) is 93.1 Å². The molecule has 0 atom stereocenters. The Labute approximate surface area is 134 Å². The van der Waals surface area contributed by atoms with Gasteiger partial charge in [0.2, 0.25) is 0 Å². The first-order valence-electron chi connectivity index (χ1n) is 7.78. The number of fused-ring (bicyclic) bond motifs is 1. The molecule has 0 saturated carbocycles. The van der Waals surface area contributed by atoms with E-state index in [4.69, 9.17) is 0 Å². The number of nitrogens with zero attached hydrogens (tertiary/aromatic N) is 1. The van der Waals surface area contributed by atoms with E-state index in [9.17, 15) is 0 Å². The molecule has 0 radical (unpaired) electrons. The van der Waals surface area contributed by atoms with Gasteiger partial charge < -0.3 is 0 Å². The van der Waals surface area contributed by atoms with Crippen molar-refractivity contribution in [3.8, 4) is 11.8 Å². The molecule has 0 heterocycles. The predicted octanol–water partition coefficient (Wildman–Crippen LogP) is 4.88. The molecule has 0 aromatic heterocycles. The molecule has 2 aromatic rings. The van der Waals surface area contributed by atoms with Gasteiger partial charge in [-0.15, -0.1) is 0 Å². The largest absolute Gasteiger partial charge is 0.298 e. The van der Waals surface area contributed by atoms with Crippen LogP contribution in [0.15, 0.2) is 54.6 Å². The second kappa shape index (κ2) is 7.29. The fourth-order valence-electron chi connectivity index (χ4n) is 2.26. The van der Waals surface area contributed by atoms with Crippen LogP contribution in [-0.4, -0.2) is 18.5 Å². The topological polar surface area (TPSA) is 3.24 Å². The van der Waals surface area contributed by atoms with Crippen LogP contribution >= 0.6 is 0 Å². The number of benzene rings is 2. The van der Waals surface area contributed by atoms with Gasteiger partial charge in [0.1, 0.15) is 0 Å². The van der Waals surface area contributed by atoms with Crippen LogP contribution in [-0.2, 0) is 6.54 Å². The summed E-state index contributed by atoms with van der Waals surface area (Å²) in [6, 6.07) is 15.2. The quantitative estimate of drug-likeness (QED) is 0.726. The summed E-state index contributed by atoms with van der Waals surface area (Å²) in [6.45, 7) is 8.23. The summed E-state index contributed by atoms with van der Waals surface area (Å²) in [6.07, 6.45) is 4.09. The first-order chi connectivity index (χ1) is 10.4. The lowest BCUT2D eigenvalue weighted by Gasteiger charge is -2.14. The summed E-state index contributed by atoms with van der Waals surface area (Å²) in [4.78, 5) is 2.29. The second-order valence-corrected chi connectivity index (χ2v) is 6.80. The molecule has 0 bridgehead atoms. The Morgan fingerprint density at radius 2 is 1.77 bits per heavy atom. The van der Waals surface area contributed by atoms with Gasteiger partial charge >= 0.3 is 0 Å². The number of rotatable bonds is 4. The van der Waals surface area contributed by atoms with E-state index in [0.29, 0.717) is 0 Å². The summed E-state index contributed by atoms with van der Waals surface area (Å²) < 4.78 is 0. The highest BCUT2D eigenvalue weighted by Crippen LogP contribution is 2.16. The SMILES string of the molecule is CN(C/C=C/C#CC(C)(C)C)Cc1ccc2ccccc2c1. The predicted molar refractivity (Wildman–Crippen MR) is 96.7 cm³/mol. The lowest BCUT2D eigenvalue weighted by Crippen LogP contribution is -2.17. The molecule has 0 N–H and O–H groups in total. The third kappa shape index (κ3) is 5.39. The van der Waals surface area contributed by atoms with E-state index < -0.39 is 0 Å². The van der Waals surface area contributed by atoms with Crippen molar-refractivity contribution in [2.24, 2.45) is 5.41 Å². The number of hydrogen-bond donors (Lipinski definition) is 0. The summed E-state index contributed by atoms with van der Waals surface area (Å²) in [7, 11) is 2.14. The monoisotopic (exact) mass is 291 g/mol. The zero-order valence-corrected chi connectivity index (χ0v) is 14.1. The maximum Gasteiger partial charge on any atom is 0.0234 e. The van der Waals surface area contributed by atoms with Gasteiger partial charge in [-0.25, -0.2) is 0 Å². The molecule has 0 unspecified atom stereocenters. The zero-order valence-electron chi connectivity index (χ0n) is 14.1. The van der Waals surface area contributed by atoms with Crippen molar-refractivity contribution in [3.05, 3.63) is 60.2 Å². The van der Waals surface area contributed by atoms with Crippen LogP contribution in [0.5, 0.6) is 0 Å². The Hall–Kier alpha value is -2.04. The third-order valence-corrected chi connectivity index (χ3v) is 3.33. The van der Waals surface area contributed by atoms with E-state index >= 15 is 0 Å². The standard InChI is InChI=1S/C21H25N/c1-21(2,3)14-8-5-9-15-22(4)17-18-12-13-19-10-6-7-11-20(19)16-18/h5-7,9-13,16H,15,17H2,1-4H3/b9-5+. The minimum atomic E-state index is 0.0708. The van der Waals surface area contributed by atoms with Gasteiger partial charge in [0, 0.05) is 18.5 Å². The first-order valence-corrected chi connectivity index (χ1v) is 7.78. The van der Waals surface area contributed by atoms with Gasteiger partial charge in [-0.05, 0) is 56.3 Å². The minimum absolute atomic E-state index is 0.0708. The van der Waals surface area contributed by atoms with Crippen molar-refractivity contribution in [3.63, 3.8) is 0 Å². The maximum absolute atomic E-state index is 3.21. The van der Waals surface area contributed by atoms with E-state index in [1.165, 1.54) is 16.3 Å². The molecule has 0 saturated heterocycles. The van der Waals surface area contributed by atoms with Crippen LogP contribution < -0.4 is 0 Å². The van der Waals surface area contributed by atoms with E-state index in [0.717, 1.165) is 13.1 Å². The maximum atomic E-state index is 3.21. The number of allylic oxidation sites excluding steroid dienone is 1. The normalized spacial score (nSPS) is 11.9. The molecule has 1 heteroatoms. The van der Waals surface area contributed by atoms with Gasteiger partial charge in [-0.2, -0.15) is 0 Å². The van der Waals surface area contributed by atoms with Crippen LogP contribution in [0.1, 0.15) is 26.3 Å². The van der Waals surface area contributed by atoms with Crippen LogP contribution in [0.4, 0.5) is 0 Å². The van der Waals surface area contributed by atoms with E-state index in [1.54, 1.807) is 0 Å². The Balaban J connectivity index is 1.91. The fraction of sp³-hybridized carbons (Fsp3) is 0.333. The Kier molecular flexibility index (Phi) is 5.41. The molecular formula is C21H25N. The third-order valence-electron chi connectivity index (χ3n) is 3.33. The van der Waals surface area contributed by atoms with Crippen molar-refractivity contribution in [2.75, 3.05) is 13.6 Å². The van der Waals surface area contributed by atoms with Gasteiger partial charge in [0.15, 0.2) is 0 Å². The van der Waals surface area contributed by atoms with Gasteiger partial charge in [0.25, 0.3) is 0 Å². The van der Waals surface area contributed by atoms with Crippen molar-refractivity contribution in [1.82, 2.24) is 4.90 Å². The summed E-state index contributed by atoms with van der Waals surface area (Å²) >= 11 is 0. The Morgan fingerprint density at radius 1 is 1.05 bits per heavy atom. The first kappa shape index (κ1) is 16.3. The molecule has 2 aromatic carbocycles. The second-order valence-electron chi connectivity index (χ2n) is 6.80. The van der Waals surface area contributed by atoms with Gasteiger partial charge in [0.05, 0.1) is 0 Å². The molecule has 0 aliphatic carbocycles. The molecule has 0 fully saturated rings. The summed E-state index contributed by atoms with van der Waals surface area (Å²) in [5, 5.41) is 2.60. The smallest absolute Gasteiger partial charge is 0.0234 e. The molecule has 0 aliphatic heterocycles. The van der Waals surface area contributed by atoms with Crippen molar-refractivity contribution in [1.29, 1.82) is 0 Å². The highest BCUT2D eigenvalue weighted by Gasteiger charge is 2.02. The fourth-order valence-corrected chi connectivity index (χ4v) is 2.26. The molecule has 0 spiro atoms. The number of likely N-dealkylation sites (N-methyl/N-ethyl adjacent to an activating group) is 1. The number of hydrogen-bond acceptors (Lipinski definition) is 1. The Bertz CT molecular complexity index is 708. The van der Waals surface area contributed by atoms with Gasteiger partial charge in [-0.3, -0.25) is 4.90 Å². The van der Waals surface area contributed by atoms with Crippen molar-refractivity contribution < 1.29 is 0 Å². The van der Waals surface area contributed by atoms with Crippen LogP contribution in [0.2, 0.25) is 0 Å². The molecule has 22 heavy (non-hydrogen) atoms. The zero-order chi connectivity index (χ0) is 16.0. The molecule has 1 nitrogen and oxygen atoms in total. The lowest BCUT2D eigenvalue weighted by atomic mass is 9.98. The minimum Gasteiger partial charge on any atom is -0.298 e. The van der Waals surface area contributed by atoms with Crippen LogP contribution in [0, 0.1) is 17.3 Å². The highest BCUT2D eigenvalue weighted by molar-refractivity contribution is 5.82. The average Bonchev–Trinajstić information content (AvgIpc) is 2.45. The Morgan fingerprint density at radius 3 is 2.50 bits per heavy atom. The molecule has 0 amide bonds. The van der Waals surface area contributed by atoms with Crippen molar-refractivity contribution in [2.45, 2.75) is 27.3 Å². The van der Waals surface area contributed by atoms with Crippen LogP contribution in [0.3, 0.4) is 0 Å². The lowest BCUT2D eigenvalue weighted by molar-refractivity contribution is 0.363. The molecular weight excluding hydrogens is 266 g/mol. The van der Waals surface area contributed by atoms with Crippen LogP contribution in [0.25, 0.3) is 10.8 Å². The molecule has 0 aliphatic rings. The summed E-state index contributed by atoms with van der Waals surface area (Å²) in [5.41, 5.74) is 1.41.